The molecule has 11 heteroatoms. The Balaban J connectivity index is 1.72. The zero-order valence-electron chi connectivity index (χ0n) is 16.5. The van der Waals surface area contributed by atoms with E-state index >= 15 is 0 Å². The van der Waals surface area contributed by atoms with E-state index < -0.39 is 33.6 Å². The molecule has 0 bridgehead atoms. The molecule has 2 aromatic rings. The first-order chi connectivity index (χ1) is 14.2. The Morgan fingerprint density at radius 2 is 2.10 bits per heavy atom. The molecule has 1 aromatic heterocycles. The summed E-state index contributed by atoms with van der Waals surface area (Å²) in [6.45, 7) is 1.06. The Morgan fingerprint density at radius 3 is 2.80 bits per heavy atom. The fraction of sp³-hybridized carbons (Fsp3) is 0.579. The number of amides is 1. The molecule has 1 amide bonds. The van der Waals surface area contributed by atoms with Crippen LogP contribution in [0.3, 0.4) is 0 Å². The minimum atomic E-state index is -3.57. The summed E-state index contributed by atoms with van der Waals surface area (Å²) < 4.78 is 59.5. The van der Waals surface area contributed by atoms with E-state index in [1.54, 1.807) is 0 Å². The van der Waals surface area contributed by atoms with Crippen molar-refractivity contribution in [1.82, 2.24) is 9.29 Å². The Bertz CT molecular complexity index is 1050. The van der Waals surface area contributed by atoms with Gasteiger partial charge in [0.1, 0.15) is 17.4 Å². The van der Waals surface area contributed by atoms with E-state index in [0.29, 0.717) is 19.4 Å². The first kappa shape index (κ1) is 21.5. The Hall–Kier alpha value is -1.69. The largest absolute Gasteiger partial charge is 0.376 e. The lowest BCUT2D eigenvalue weighted by Crippen LogP contribution is -2.54. The minimum Gasteiger partial charge on any atom is -0.376 e. The lowest BCUT2D eigenvalue weighted by molar-refractivity contribution is -0.123. The van der Waals surface area contributed by atoms with Gasteiger partial charge >= 0.3 is 0 Å². The fourth-order valence-electron chi connectivity index (χ4n) is 4.04. The monoisotopic (exact) mass is 459 g/mol. The second-order valence-corrected chi connectivity index (χ2v) is 10.6. The van der Waals surface area contributed by atoms with E-state index in [9.17, 15) is 22.0 Å². The van der Waals surface area contributed by atoms with Crippen LogP contribution in [0.4, 0.5) is 13.9 Å². The third kappa shape index (κ3) is 4.34. The summed E-state index contributed by atoms with van der Waals surface area (Å²) in [5.41, 5.74) is -0.00912. The van der Waals surface area contributed by atoms with Crippen molar-refractivity contribution < 1.29 is 26.7 Å². The lowest BCUT2D eigenvalue weighted by Gasteiger charge is -2.35. The first-order valence-electron chi connectivity index (χ1n) is 9.89. The summed E-state index contributed by atoms with van der Waals surface area (Å²) in [4.78, 5) is 19.2. The Morgan fingerprint density at radius 1 is 1.30 bits per heavy atom. The molecule has 1 aromatic carbocycles. The molecule has 3 heterocycles. The maximum absolute atomic E-state index is 14.2. The lowest BCUT2D eigenvalue weighted by atomic mass is 10.0. The molecule has 7 nitrogen and oxygen atoms in total. The van der Waals surface area contributed by atoms with Gasteiger partial charge in [-0.3, -0.25) is 9.69 Å². The van der Waals surface area contributed by atoms with Crippen molar-refractivity contribution in [2.75, 3.05) is 30.9 Å². The number of thiazole rings is 1. The number of piperidine rings is 1. The number of carbonyl (C=O) groups is 1. The first-order valence-corrected chi connectivity index (χ1v) is 12.6. The predicted molar refractivity (Wildman–Crippen MR) is 110 cm³/mol. The number of hydrogen-bond donors (Lipinski definition) is 0. The number of anilines is 1. The molecule has 0 saturated carbocycles. The van der Waals surface area contributed by atoms with E-state index in [4.69, 9.17) is 4.74 Å². The molecule has 4 rings (SSSR count). The van der Waals surface area contributed by atoms with Gasteiger partial charge in [-0.15, -0.1) is 0 Å². The van der Waals surface area contributed by atoms with Gasteiger partial charge in [0, 0.05) is 19.2 Å². The van der Waals surface area contributed by atoms with Gasteiger partial charge < -0.3 is 4.74 Å². The summed E-state index contributed by atoms with van der Waals surface area (Å²) in [6.07, 6.45) is 4.34. The van der Waals surface area contributed by atoms with E-state index in [-0.39, 0.29) is 34.5 Å². The standard InChI is InChI=1S/C19H23F2N3O4S2/c1-30(26,27)24-7-3-2-6-15(24)18(25)23(11-13-5-4-8-28-13)19-22-17-14(21)9-12(20)10-16(17)29-19/h9-10,13,15H,2-8,11H2,1H3. The summed E-state index contributed by atoms with van der Waals surface area (Å²) in [5.74, 6) is -1.93. The minimum absolute atomic E-state index is 0.00912. The molecule has 0 spiro atoms. The Kier molecular flexibility index (Phi) is 6.06. The van der Waals surface area contributed by atoms with Crippen molar-refractivity contribution in [3.8, 4) is 0 Å². The van der Waals surface area contributed by atoms with Crippen LogP contribution in [0.15, 0.2) is 12.1 Å². The number of hydrogen-bond acceptors (Lipinski definition) is 6. The van der Waals surface area contributed by atoms with Crippen molar-refractivity contribution in [2.45, 2.75) is 44.2 Å². The van der Waals surface area contributed by atoms with Gasteiger partial charge in [0.05, 0.1) is 23.6 Å². The van der Waals surface area contributed by atoms with E-state index in [1.807, 2.05) is 0 Å². The highest BCUT2D eigenvalue weighted by Crippen LogP contribution is 2.33. The highest BCUT2D eigenvalue weighted by Gasteiger charge is 2.39. The fourth-order valence-corrected chi connectivity index (χ4v) is 6.18. The van der Waals surface area contributed by atoms with Crippen LogP contribution in [0.5, 0.6) is 0 Å². The smallest absolute Gasteiger partial charge is 0.247 e. The molecule has 2 atom stereocenters. The summed E-state index contributed by atoms with van der Waals surface area (Å²) in [5, 5.41) is 0.217. The van der Waals surface area contributed by atoms with Crippen LogP contribution >= 0.6 is 11.3 Å². The number of benzene rings is 1. The molecule has 2 aliphatic heterocycles. The highest BCUT2D eigenvalue weighted by atomic mass is 32.2. The molecule has 2 saturated heterocycles. The molecular weight excluding hydrogens is 436 g/mol. The van der Waals surface area contributed by atoms with Gasteiger partial charge in [-0.25, -0.2) is 22.2 Å². The van der Waals surface area contributed by atoms with Crippen molar-refractivity contribution in [3.05, 3.63) is 23.8 Å². The van der Waals surface area contributed by atoms with Crippen LogP contribution < -0.4 is 4.90 Å². The van der Waals surface area contributed by atoms with Crippen molar-refractivity contribution >= 4 is 42.6 Å². The molecule has 2 aliphatic rings. The van der Waals surface area contributed by atoms with E-state index in [2.05, 4.69) is 4.98 Å². The summed E-state index contributed by atoms with van der Waals surface area (Å²) in [7, 11) is -3.57. The molecular formula is C19H23F2N3O4S2. The normalized spacial score (nSPS) is 23.2. The van der Waals surface area contributed by atoms with E-state index in [1.165, 1.54) is 15.3 Å². The number of carbonyl (C=O) groups excluding carboxylic acids is 1. The second-order valence-electron chi connectivity index (χ2n) is 7.70. The Labute approximate surface area is 177 Å². The van der Waals surface area contributed by atoms with E-state index in [0.717, 1.165) is 42.9 Å². The summed E-state index contributed by atoms with van der Waals surface area (Å²) in [6, 6.07) is 1.09. The number of fused-ring (bicyclic) bond motifs is 1. The van der Waals surface area contributed by atoms with Gasteiger partial charge in [0.2, 0.25) is 15.9 Å². The van der Waals surface area contributed by atoms with Crippen LogP contribution in [-0.4, -0.2) is 61.7 Å². The highest BCUT2D eigenvalue weighted by molar-refractivity contribution is 7.88. The number of rotatable bonds is 5. The molecule has 0 aliphatic carbocycles. The third-order valence-corrected chi connectivity index (χ3v) is 7.79. The van der Waals surface area contributed by atoms with Crippen LogP contribution in [0.1, 0.15) is 32.1 Å². The third-order valence-electron chi connectivity index (χ3n) is 5.47. The zero-order valence-corrected chi connectivity index (χ0v) is 18.1. The number of nitrogens with zero attached hydrogens (tertiary/aromatic N) is 3. The second kappa shape index (κ2) is 8.45. The topological polar surface area (TPSA) is 79.8 Å². The number of halogens is 2. The van der Waals surface area contributed by atoms with Crippen molar-refractivity contribution in [3.63, 3.8) is 0 Å². The molecule has 164 valence electrons. The SMILES string of the molecule is CS(=O)(=O)N1CCCCC1C(=O)N(CC1CCCO1)c1nc2c(F)cc(F)cc2s1. The maximum Gasteiger partial charge on any atom is 0.247 e. The van der Waals surface area contributed by atoms with Crippen LogP contribution in [-0.2, 0) is 19.6 Å². The van der Waals surface area contributed by atoms with Gasteiger partial charge in [0.25, 0.3) is 0 Å². The van der Waals surface area contributed by atoms with Gasteiger partial charge in [-0.1, -0.05) is 17.8 Å². The van der Waals surface area contributed by atoms with Gasteiger partial charge in [-0.2, -0.15) is 4.31 Å². The average molecular weight is 460 g/mol. The average Bonchev–Trinajstić information content (AvgIpc) is 3.34. The zero-order chi connectivity index (χ0) is 21.5. The molecule has 0 radical (unpaired) electrons. The quantitative estimate of drug-likeness (QED) is 0.687. The van der Waals surface area contributed by atoms with Crippen LogP contribution in [0, 0.1) is 11.6 Å². The van der Waals surface area contributed by atoms with Crippen LogP contribution in [0.2, 0.25) is 0 Å². The number of ether oxygens (including phenoxy) is 1. The van der Waals surface area contributed by atoms with Crippen molar-refractivity contribution in [2.24, 2.45) is 0 Å². The van der Waals surface area contributed by atoms with Gasteiger partial charge in [0.15, 0.2) is 10.9 Å². The number of sulfonamides is 1. The molecule has 2 fully saturated rings. The van der Waals surface area contributed by atoms with Crippen LogP contribution in [0.25, 0.3) is 10.2 Å². The molecule has 0 N–H and O–H groups in total. The maximum atomic E-state index is 14.2. The van der Waals surface area contributed by atoms with Crippen molar-refractivity contribution in [1.29, 1.82) is 0 Å². The predicted octanol–water partition coefficient (Wildman–Crippen LogP) is 2.90. The summed E-state index contributed by atoms with van der Waals surface area (Å²) >= 11 is 1.01. The van der Waals surface area contributed by atoms with Gasteiger partial charge in [-0.05, 0) is 31.7 Å². The number of aromatic nitrogens is 1. The molecule has 30 heavy (non-hydrogen) atoms. The molecule has 2 unspecified atom stereocenters.